The van der Waals surface area contributed by atoms with Gasteiger partial charge in [-0.2, -0.15) is 0 Å². The molecule has 16 nitrogen and oxygen atoms in total. The lowest BCUT2D eigenvalue weighted by molar-refractivity contribution is -0.287. The number of rotatable bonds is 6. The second kappa shape index (κ2) is 10.2. The zero-order valence-corrected chi connectivity index (χ0v) is 16.7. The summed E-state index contributed by atoms with van der Waals surface area (Å²) in [6.45, 7) is -0.205. The van der Waals surface area contributed by atoms with Gasteiger partial charge in [0.2, 0.25) is 0 Å². The molecule has 1 saturated heterocycles. The molecule has 0 radical (unpaired) electrons. The lowest BCUT2D eigenvalue weighted by Crippen LogP contribution is -2.64. The molecule has 0 amide bonds. The van der Waals surface area contributed by atoms with E-state index in [0.29, 0.717) is 0 Å². The van der Waals surface area contributed by atoms with Gasteiger partial charge in [0.15, 0.2) is 24.2 Å². The van der Waals surface area contributed by atoms with E-state index in [9.17, 15) is 20.4 Å². The first-order valence-corrected chi connectivity index (χ1v) is 9.44. The second-order valence-electron chi connectivity index (χ2n) is 7.44. The number of aliphatic hydroxyl groups excluding tert-OH is 4. The van der Waals surface area contributed by atoms with Crippen molar-refractivity contribution in [2.45, 2.75) is 67.5 Å². The third kappa shape index (κ3) is 6.03. The van der Waals surface area contributed by atoms with E-state index >= 15 is 0 Å². The van der Waals surface area contributed by atoms with Gasteiger partial charge in [0.05, 0.1) is 12.6 Å². The molecule has 0 aromatic rings. The number of hydrogen-bond donors (Lipinski definition) is 11. The first-order valence-electron chi connectivity index (χ1n) is 9.44. The van der Waals surface area contributed by atoms with Crippen LogP contribution in [0.25, 0.3) is 0 Å². The molecule has 18 N–H and O–H groups in total. The van der Waals surface area contributed by atoms with Crippen molar-refractivity contribution in [3.8, 4) is 0 Å². The topological polar surface area (TPSA) is 319 Å². The number of nitrogens with two attached hydrogens (primary N) is 7. The summed E-state index contributed by atoms with van der Waals surface area (Å²) in [6, 6.07) is -2.96. The fraction of sp³-hybridized carbons (Fsp3) is 0.800. The predicted octanol–water partition coefficient (Wildman–Crippen LogP) is -7.17. The molecular weight excluding hydrogens is 416 g/mol. The Bertz CT molecular complexity index is 694. The van der Waals surface area contributed by atoms with Crippen LogP contribution in [0.3, 0.4) is 0 Å². The van der Waals surface area contributed by atoms with E-state index in [1.165, 1.54) is 0 Å². The minimum Gasteiger partial charge on any atom is -0.388 e. The Morgan fingerprint density at radius 3 is 2.00 bits per heavy atom. The minimum atomic E-state index is -1.53. The Morgan fingerprint density at radius 1 is 0.839 bits per heavy atom. The fourth-order valence-electron chi connectivity index (χ4n) is 3.57. The molecule has 2 rings (SSSR count). The lowest BCUT2D eigenvalue weighted by atomic mass is 9.84. The molecule has 0 bridgehead atoms. The maximum Gasteiger partial charge on any atom is 0.186 e. The molecule has 2 aliphatic rings. The highest BCUT2D eigenvalue weighted by Gasteiger charge is 2.50. The van der Waals surface area contributed by atoms with Gasteiger partial charge in [-0.05, 0) is 6.42 Å². The standard InChI is InChI=1S/C15H32N10O6/c16-3-1-4(24-14(19)20)7(26)10(29)11(3)31-12-6(25-15(21)22)9(28)8(27)5(30-12)2-23-13(17)18/h3-12,26-29H,1-2,16H2,(H4,17,18,23)(H4,19,20,24)(H4,21,22,25)/t3-,4+,5+,6+,7-,8+,9+,10+,11+,12+/m0/s1. The number of nitrogens with zero attached hydrogens (tertiary/aromatic N) is 3. The van der Waals surface area contributed by atoms with E-state index in [2.05, 4.69) is 15.0 Å². The van der Waals surface area contributed by atoms with Gasteiger partial charge in [-0.15, -0.1) is 0 Å². The van der Waals surface area contributed by atoms with E-state index in [4.69, 9.17) is 49.6 Å². The molecule has 0 aromatic heterocycles. The summed E-state index contributed by atoms with van der Waals surface area (Å²) >= 11 is 0. The summed E-state index contributed by atoms with van der Waals surface area (Å²) in [5, 5.41) is 41.8. The third-order valence-electron chi connectivity index (χ3n) is 5.04. The van der Waals surface area contributed by atoms with Crippen molar-refractivity contribution in [2.75, 3.05) is 6.54 Å². The van der Waals surface area contributed by atoms with Crippen LogP contribution in [0.2, 0.25) is 0 Å². The quantitative estimate of drug-likeness (QED) is 0.133. The number of ether oxygens (including phenoxy) is 2. The van der Waals surface area contributed by atoms with Crippen LogP contribution < -0.4 is 40.1 Å². The first kappa shape index (κ1) is 24.8. The molecular formula is C15H32N10O6. The van der Waals surface area contributed by atoms with Crippen LogP contribution in [0, 0.1) is 0 Å². The van der Waals surface area contributed by atoms with Crippen molar-refractivity contribution in [3.05, 3.63) is 0 Å². The average Bonchev–Trinajstić information content (AvgIpc) is 2.66. The highest BCUT2D eigenvalue weighted by molar-refractivity contribution is 5.76. The van der Waals surface area contributed by atoms with Gasteiger partial charge in [0, 0.05) is 6.04 Å². The molecule has 1 aliphatic carbocycles. The predicted molar refractivity (Wildman–Crippen MR) is 110 cm³/mol. The normalized spacial score (nSPS) is 40.5. The summed E-state index contributed by atoms with van der Waals surface area (Å²) in [6.07, 6.45) is -9.47. The molecule has 16 heteroatoms. The Morgan fingerprint density at radius 2 is 1.45 bits per heavy atom. The summed E-state index contributed by atoms with van der Waals surface area (Å²) in [5.41, 5.74) is 38.2. The maximum absolute atomic E-state index is 10.5. The van der Waals surface area contributed by atoms with Gasteiger partial charge < -0.3 is 70.0 Å². The van der Waals surface area contributed by atoms with Crippen molar-refractivity contribution in [2.24, 2.45) is 55.1 Å². The zero-order valence-electron chi connectivity index (χ0n) is 16.7. The molecule has 2 fully saturated rings. The zero-order chi connectivity index (χ0) is 23.5. The van der Waals surface area contributed by atoms with Crippen LogP contribution in [0.5, 0.6) is 0 Å². The third-order valence-corrected chi connectivity index (χ3v) is 5.04. The van der Waals surface area contributed by atoms with E-state index < -0.39 is 67.0 Å². The highest BCUT2D eigenvalue weighted by Crippen LogP contribution is 2.30. The fourth-order valence-corrected chi connectivity index (χ4v) is 3.57. The van der Waals surface area contributed by atoms with Gasteiger partial charge >= 0.3 is 0 Å². The van der Waals surface area contributed by atoms with Crippen LogP contribution in [0.4, 0.5) is 0 Å². The smallest absolute Gasteiger partial charge is 0.186 e. The van der Waals surface area contributed by atoms with Gasteiger partial charge in [-0.25, -0.2) is 9.98 Å². The van der Waals surface area contributed by atoms with Crippen molar-refractivity contribution >= 4 is 17.9 Å². The number of guanidine groups is 3. The molecule has 31 heavy (non-hydrogen) atoms. The van der Waals surface area contributed by atoms with Gasteiger partial charge in [-0.1, -0.05) is 0 Å². The van der Waals surface area contributed by atoms with Crippen molar-refractivity contribution in [1.29, 1.82) is 0 Å². The largest absolute Gasteiger partial charge is 0.388 e. The highest BCUT2D eigenvalue weighted by atomic mass is 16.7. The average molecular weight is 448 g/mol. The van der Waals surface area contributed by atoms with Gasteiger partial charge in [0.1, 0.15) is 42.7 Å². The molecule has 0 unspecified atom stereocenters. The monoisotopic (exact) mass is 448 g/mol. The number of hydrogen-bond acceptors (Lipinski definition) is 10. The lowest BCUT2D eigenvalue weighted by Gasteiger charge is -2.45. The van der Waals surface area contributed by atoms with E-state index in [0.717, 1.165) is 0 Å². The molecule has 1 saturated carbocycles. The van der Waals surface area contributed by atoms with E-state index in [-0.39, 0.29) is 24.9 Å². The number of aliphatic hydroxyl groups is 4. The Kier molecular flexibility index (Phi) is 8.18. The summed E-state index contributed by atoms with van der Waals surface area (Å²) in [7, 11) is 0. The Labute approximate surface area is 177 Å². The van der Waals surface area contributed by atoms with Crippen molar-refractivity contribution in [3.63, 3.8) is 0 Å². The maximum atomic E-state index is 10.5. The van der Waals surface area contributed by atoms with Crippen LogP contribution in [0.15, 0.2) is 15.0 Å². The minimum absolute atomic E-state index is 0.0725. The Balaban J connectivity index is 2.26. The van der Waals surface area contributed by atoms with Crippen molar-refractivity contribution in [1.82, 2.24) is 0 Å². The number of aliphatic imine (C=N–C) groups is 3. The van der Waals surface area contributed by atoms with Gasteiger partial charge in [-0.3, -0.25) is 4.99 Å². The van der Waals surface area contributed by atoms with Crippen LogP contribution in [-0.2, 0) is 9.47 Å². The molecule has 0 spiro atoms. The SMILES string of the molecule is NC(N)=NC[C@H]1O[C@H](O[C@H]2[C@H](O)[C@@H](O)[C@H](N=C(N)N)C[C@@H]2N)[C@H](N=C(N)N)[C@@H](O)[C@@H]1O. The Hall–Kier alpha value is -2.47. The summed E-state index contributed by atoms with van der Waals surface area (Å²) in [4.78, 5) is 11.5. The summed E-state index contributed by atoms with van der Waals surface area (Å²) in [5.74, 6) is -0.934. The second-order valence-corrected chi connectivity index (χ2v) is 7.44. The molecule has 178 valence electrons. The molecule has 10 atom stereocenters. The van der Waals surface area contributed by atoms with Gasteiger partial charge in [0.25, 0.3) is 0 Å². The summed E-state index contributed by atoms with van der Waals surface area (Å²) < 4.78 is 11.5. The van der Waals surface area contributed by atoms with Crippen LogP contribution in [0.1, 0.15) is 6.42 Å². The van der Waals surface area contributed by atoms with Crippen LogP contribution >= 0.6 is 0 Å². The first-order chi connectivity index (χ1) is 14.4. The van der Waals surface area contributed by atoms with Crippen LogP contribution in [-0.4, -0.2) is 106 Å². The molecule has 1 aliphatic heterocycles. The van der Waals surface area contributed by atoms with E-state index in [1.807, 2.05) is 0 Å². The van der Waals surface area contributed by atoms with Crippen molar-refractivity contribution < 1.29 is 29.9 Å². The molecule has 1 heterocycles. The van der Waals surface area contributed by atoms with E-state index in [1.54, 1.807) is 0 Å². The molecule has 0 aromatic carbocycles.